The van der Waals surface area contributed by atoms with Crippen LogP contribution in [-0.4, -0.2) is 27.4 Å². The van der Waals surface area contributed by atoms with Gasteiger partial charge in [0.15, 0.2) is 0 Å². The Hall–Kier alpha value is -1.58. The Morgan fingerprint density at radius 3 is 2.41 bits per heavy atom. The van der Waals surface area contributed by atoms with Crippen molar-refractivity contribution in [1.82, 2.24) is 0 Å². The molecule has 0 saturated heterocycles. The predicted octanol–water partition coefficient (Wildman–Crippen LogP) is 1.30. The highest BCUT2D eigenvalue weighted by Gasteiger charge is 2.10. The second-order valence-corrected chi connectivity index (χ2v) is 5.16. The average Bonchev–Trinajstić information content (AvgIpc) is 2.25. The van der Waals surface area contributed by atoms with Crippen molar-refractivity contribution in [3.05, 3.63) is 29.8 Å². The van der Waals surface area contributed by atoms with Gasteiger partial charge in [0.25, 0.3) is 10.1 Å². The molecule has 0 aliphatic rings. The molecular formula is C11H13NO4S. The lowest BCUT2D eigenvalue weighted by Gasteiger charge is -2.12. The molecule has 1 aromatic carbocycles. The molecule has 0 radical (unpaired) electrons. The minimum absolute atomic E-state index is 0.124. The highest BCUT2D eigenvalue weighted by molar-refractivity contribution is 7.86. The SMILES string of the molecule is C[C@H](COc1ccc(C#N)cc1)OS(C)(=O)=O. The smallest absolute Gasteiger partial charge is 0.264 e. The molecule has 1 aromatic rings. The molecule has 6 heteroatoms. The number of nitriles is 1. The first-order valence-corrected chi connectivity index (χ1v) is 6.73. The third-order valence-electron chi connectivity index (χ3n) is 1.81. The Labute approximate surface area is 101 Å². The van der Waals surface area contributed by atoms with Gasteiger partial charge in [-0.1, -0.05) is 0 Å². The second kappa shape index (κ2) is 5.66. The summed E-state index contributed by atoms with van der Waals surface area (Å²) in [6, 6.07) is 8.52. The Balaban J connectivity index is 2.48. The normalized spacial score (nSPS) is 12.8. The Bertz CT molecular complexity index is 501. The van der Waals surface area contributed by atoms with Gasteiger partial charge in [-0.2, -0.15) is 13.7 Å². The van der Waals surface area contributed by atoms with Crippen molar-refractivity contribution in [2.24, 2.45) is 0 Å². The van der Waals surface area contributed by atoms with Gasteiger partial charge >= 0.3 is 0 Å². The van der Waals surface area contributed by atoms with Gasteiger partial charge < -0.3 is 4.74 Å². The van der Waals surface area contributed by atoms with Crippen molar-refractivity contribution >= 4 is 10.1 Å². The van der Waals surface area contributed by atoms with Crippen LogP contribution in [0.3, 0.4) is 0 Å². The first kappa shape index (κ1) is 13.5. The molecule has 0 spiro atoms. The summed E-state index contributed by atoms with van der Waals surface area (Å²) >= 11 is 0. The van der Waals surface area contributed by atoms with Gasteiger partial charge in [0.2, 0.25) is 0 Å². The van der Waals surface area contributed by atoms with Crippen molar-refractivity contribution in [2.75, 3.05) is 12.9 Å². The van der Waals surface area contributed by atoms with Gasteiger partial charge in [0.1, 0.15) is 18.5 Å². The average molecular weight is 255 g/mol. The van der Waals surface area contributed by atoms with Gasteiger partial charge in [0, 0.05) is 0 Å². The standard InChI is InChI=1S/C11H13NO4S/c1-9(16-17(2,13)14)8-15-11-5-3-10(7-12)4-6-11/h3-6,9H,8H2,1-2H3/t9-/m1/s1. The summed E-state index contributed by atoms with van der Waals surface area (Å²) in [5.41, 5.74) is 0.540. The lowest BCUT2D eigenvalue weighted by atomic mass is 10.2. The molecule has 1 rings (SSSR count). The molecule has 0 aliphatic heterocycles. The van der Waals surface area contributed by atoms with Gasteiger partial charge in [0.05, 0.1) is 17.9 Å². The van der Waals surface area contributed by atoms with Gasteiger partial charge in [-0.25, -0.2) is 0 Å². The van der Waals surface area contributed by atoms with Gasteiger partial charge in [-0.05, 0) is 31.2 Å². The van der Waals surface area contributed by atoms with E-state index in [2.05, 4.69) is 0 Å². The summed E-state index contributed by atoms with van der Waals surface area (Å²) in [7, 11) is -3.46. The minimum atomic E-state index is -3.46. The first-order chi connectivity index (χ1) is 7.90. The van der Waals surface area contributed by atoms with Crippen molar-refractivity contribution in [2.45, 2.75) is 13.0 Å². The summed E-state index contributed by atoms with van der Waals surface area (Å²) in [6.45, 7) is 1.73. The molecule has 0 unspecified atom stereocenters. The van der Waals surface area contributed by atoms with Crippen molar-refractivity contribution in [1.29, 1.82) is 5.26 Å². The molecule has 92 valence electrons. The molecule has 0 amide bonds. The second-order valence-electron chi connectivity index (χ2n) is 3.56. The Morgan fingerprint density at radius 1 is 1.35 bits per heavy atom. The van der Waals surface area contributed by atoms with Crippen LogP contribution in [0.1, 0.15) is 12.5 Å². The molecule has 0 saturated carbocycles. The van der Waals surface area contributed by atoms with Crippen LogP contribution in [0.2, 0.25) is 0 Å². The van der Waals surface area contributed by atoms with E-state index in [1.54, 1.807) is 31.2 Å². The van der Waals surface area contributed by atoms with Gasteiger partial charge in [-0.3, -0.25) is 4.18 Å². The molecule has 0 aliphatic carbocycles. The first-order valence-electron chi connectivity index (χ1n) is 4.92. The van der Waals surface area contributed by atoms with Crippen LogP contribution in [0.5, 0.6) is 5.75 Å². The largest absolute Gasteiger partial charge is 0.491 e. The zero-order valence-corrected chi connectivity index (χ0v) is 10.4. The number of ether oxygens (including phenoxy) is 1. The molecule has 0 bridgehead atoms. The summed E-state index contributed by atoms with van der Waals surface area (Å²) in [5.74, 6) is 0.563. The van der Waals surface area contributed by atoms with Crippen LogP contribution in [0.25, 0.3) is 0 Å². The summed E-state index contributed by atoms with van der Waals surface area (Å²) in [6.07, 6.45) is 0.436. The van der Waals surface area contributed by atoms with E-state index in [0.29, 0.717) is 11.3 Å². The van der Waals surface area contributed by atoms with Crippen molar-refractivity contribution in [3.63, 3.8) is 0 Å². The molecular weight excluding hydrogens is 242 g/mol. The van der Waals surface area contributed by atoms with E-state index < -0.39 is 16.2 Å². The molecule has 0 fully saturated rings. The minimum Gasteiger partial charge on any atom is -0.491 e. The van der Waals surface area contributed by atoms with E-state index in [4.69, 9.17) is 14.2 Å². The summed E-state index contributed by atoms with van der Waals surface area (Å²) < 4.78 is 31.7. The monoisotopic (exact) mass is 255 g/mol. The number of hydrogen-bond donors (Lipinski definition) is 0. The zero-order chi connectivity index (χ0) is 12.9. The number of hydrogen-bond acceptors (Lipinski definition) is 5. The lowest BCUT2D eigenvalue weighted by Crippen LogP contribution is -2.21. The highest BCUT2D eigenvalue weighted by Crippen LogP contribution is 2.12. The third kappa shape index (κ3) is 5.33. The lowest BCUT2D eigenvalue weighted by molar-refractivity contribution is 0.150. The van der Waals surface area contributed by atoms with Crippen molar-refractivity contribution in [3.8, 4) is 11.8 Å². The maximum atomic E-state index is 10.8. The number of nitrogens with zero attached hydrogens (tertiary/aromatic N) is 1. The molecule has 5 nitrogen and oxygen atoms in total. The van der Waals surface area contributed by atoms with Crippen LogP contribution < -0.4 is 4.74 Å². The van der Waals surface area contributed by atoms with Crippen molar-refractivity contribution < 1.29 is 17.3 Å². The fraction of sp³-hybridized carbons (Fsp3) is 0.364. The van der Waals surface area contributed by atoms with E-state index in [1.807, 2.05) is 6.07 Å². The maximum Gasteiger partial charge on any atom is 0.264 e. The Kier molecular flexibility index (Phi) is 4.49. The van der Waals surface area contributed by atoms with E-state index in [1.165, 1.54) is 0 Å². The van der Waals surface area contributed by atoms with Crippen LogP contribution in [0.4, 0.5) is 0 Å². The maximum absolute atomic E-state index is 10.8. The summed E-state index contributed by atoms with van der Waals surface area (Å²) in [4.78, 5) is 0. The highest BCUT2D eigenvalue weighted by atomic mass is 32.2. The van der Waals surface area contributed by atoms with E-state index in [9.17, 15) is 8.42 Å². The predicted molar refractivity (Wildman–Crippen MR) is 62.0 cm³/mol. The number of rotatable bonds is 5. The molecule has 0 heterocycles. The molecule has 1 atom stereocenters. The zero-order valence-electron chi connectivity index (χ0n) is 9.58. The van der Waals surface area contributed by atoms with E-state index in [-0.39, 0.29) is 6.61 Å². The van der Waals surface area contributed by atoms with E-state index in [0.717, 1.165) is 6.26 Å². The van der Waals surface area contributed by atoms with Crippen LogP contribution in [0.15, 0.2) is 24.3 Å². The Morgan fingerprint density at radius 2 is 1.94 bits per heavy atom. The molecule has 17 heavy (non-hydrogen) atoms. The van der Waals surface area contributed by atoms with Crippen LogP contribution >= 0.6 is 0 Å². The van der Waals surface area contributed by atoms with Crippen LogP contribution in [0, 0.1) is 11.3 Å². The summed E-state index contributed by atoms with van der Waals surface area (Å²) in [5, 5.41) is 8.60. The molecule has 0 N–H and O–H groups in total. The quantitative estimate of drug-likeness (QED) is 0.741. The topological polar surface area (TPSA) is 76.4 Å². The fourth-order valence-electron chi connectivity index (χ4n) is 1.17. The van der Waals surface area contributed by atoms with Gasteiger partial charge in [-0.15, -0.1) is 0 Å². The molecule has 0 aromatic heterocycles. The van der Waals surface area contributed by atoms with E-state index >= 15 is 0 Å². The van der Waals surface area contributed by atoms with Crippen LogP contribution in [-0.2, 0) is 14.3 Å². The third-order valence-corrected chi connectivity index (χ3v) is 2.49. The fourth-order valence-corrected chi connectivity index (χ4v) is 1.82. The number of benzene rings is 1.